The minimum Gasteiger partial charge on any atom is -0.326 e. The fourth-order valence-electron chi connectivity index (χ4n) is 1.08. The van der Waals surface area contributed by atoms with E-state index in [-0.39, 0.29) is 5.78 Å². The largest absolute Gasteiger partial charge is 0.326 e. The van der Waals surface area contributed by atoms with E-state index in [4.69, 9.17) is 5.73 Å². The van der Waals surface area contributed by atoms with Crippen molar-refractivity contribution in [2.45, 2.75) is 13.0 Å². The number of hydrogen-bond acceptors (Lipinski definition) is 2. The van der Waals surface area contributed by atoms with Crippen molar-refractivity contribution in [3.05, 3.63) is 48.0 Å². The lowest BCUT2D eigenvalue weighted by Gasteiger charge is -1.99. The third-order valence-electron chi connectivity index (χ3n) is 1.84. The minimum atomic E-state index is 0.0959. The zero-order valence-corrected chi connectivity index (χ0v) is 7.49. The van der Waals surface area contributed by atoms with Gasteiger partial charge in [-0.2, -0.15) is 0 Å². The molecular weight excluding hydrogens is 162 g/mol. The zero-order chi connectivity index (χ0) is 9.68. The van der Waals surface area contributed by atoms with E-state index in [0.29, 0.717) is 13.0 Å². The third-order valence-corrected chi connectivity index (χ3v) is 1.84. The maximum Gasteiger partial charge on any atom is 0.166 e. The van der Waals surface area contributed by atoms with Gasteiger partial charge in [0.15, 0.2) is 5.78 Å². The molecule has 0 radical (unpaired) electrons. The molecule has 0 aliphatic carbocycles. The third kappa shape index (κ3) is 2.53. The smallest absolute Gasteiger partial charge is 0.166 e. The molecule has 0 aromatic heterocycles. The predicted octanol–water partition coefficient (Wildman–Crippen LogP) is 1.90. The molecule has 0 unspecified atom stereocenters. The average molecular weight is 175 g/mol. The Morgan fingerprint density at radius 2 is 2.00 bits per heavy atom. The molecule has 0 atom stereocenters. The summed E-state index contributed by atoms with van der Waals surface area (Å²) in [7, 11) is 0. The van der Waals surface area contributed by atoms with Gasteiger partial charge in [0.2, 0.25) is 0 Å². The van der Waals surface area contributed by atoms with Crippen molar-refractivity contribution in [2.24, 2.45) is 5.73 Å². The molecular formula is C11H13NO. The monoisotopic (exact) mass is 175 g/mol. The molecule has 0 heterocycles. The number of ketones is 1. The highest BCUT2D eigenvalue weighted by molar-refractivity contribution is 5.96. The van der Waals surface area contributed by atoms with E-state index >= 15 is 0 Å². The molecule has 0 saturated carbocycles. The maximum absolute atomic E-state index is 11.3. The van der Waals surface area contributed by atoms with Crippen LogP contribution in [0.3, 0.4) is 0 Å². The van der Waals surface area contributed by atoms with E-state index in [1.54, 1.807) is 18.2 Å². The van der Waals surface area contributed by atoms with Gasteiger partial charge in [0.25, 0.3) is 0 Å². The van der Waals surface area contributed by atoms with Crippen LogP contribution in [0.15, 0.2) is 36.9 Å². The molecule has 1 rings (SSSR count). The molecule has 2 heteroatoms. The Hall–Kier alpha value is -1.41. The minimum absolute atomic E-state index is 0.0959. The van der Waals surface area contributed by atoms with Gasteiger partial charge < -0.3 is 5.73 Å². The summed E-state index contributed by atoms with van der Waals surface area (Å²) >= 11 is 0. The number of allylic oxidation sites excluding steroid dienone is 1. The van der Waals surface area contributed by atoms with E-state index < -0.39 is 0 Å². The first-order valence-electron chi connectivity index (χ1n) is 4.21. The Labute approximate surface area is 78.1 Å². The first-order valence-corrected chi connectivity index (χ1v) is 4.21. The van der Waals surface area contributed by atoms with Gasteiger partial charge in [0.05, 0.1) is 0 Å². The maximum atomic E-state index is 11.3. The van der Waals surface area contributed by atoms with Crippen molar-refractivity contribution < 1.29 is 4.79 Å². The molecule has 0 saturated heterocycles. The van der Waals surface area contributed by atoms with Crippen molar-refractivity contribution in [2.75, 3.05) is 0 Å². The number of benzene rings is 1. The number of carbonyl (C=O) groups excluding carboxylic acids is 1. The van der Waals surface area contributed by atoms with Crippen LogP contribution >= 0.6 is 0 Å². The summed E-state index contributed by atoms with van der Waals surface area (Å²) in [6, 6.07) is 7.34. The van der Waals surface area contributed by atoms with Crippen molar-refractivity contribution in [3.8, 4) is 0 Å². The number of nitrogens with two attached hydrogens (primary N) is 1. The fourth-order valence-corrected chi connectivity index (χ4v) is 1.08. The summed E-state index contributed by atoms with van der Waals surface area (Å²) in [5.74, 6) is 0.0959. The predicted molar refractivity (Wildman–Crippen MR) is 53.5 cm³/mol. The van der Waals surface area contributed by atoms with Gasteiger partial charge in [-0.1, -0.05) is 30.3 Å². The summed E-state index contributed by atoms with van der Waals surface area (Å²) in [5, 5.41) is 0. The van der Waals surface area contributed by atoms with Crippen LogP contribution in [0.2, 0.25) is 0 Å². The summed E-state index contributed by atoms with van der Waals surface area (Å²) in [4.78, 5) is 11.3. The van der Waals surface area contributed by atoms with E-state index in [1.807, 2.05) is 12.1 Å². The van der Waals surface area contributed by atoms with E-state index in [0.717, 1.165) is 11.1 Å². The summed E-state index contributed by atoms with van der Waals surface area (Å²) in [6.07, 6.45) is 2.00. The lowest BCUT2D eigenvalue weighted by molar-refractivity contribution is 0.0996. The lowest BCUT2D eigenvalue weighted by atomic mass is 10.1. The first-order chi connectivity index (χ1) is 6.27. The van der Waals surface area contributed by atoms with Crippen LogP contribution in [-0.2, 0) is 6.54 Å². The van der Waals surface area contributed by atoms with Crippen LogP contribution in [0.1, 0.15) is 22.3 Å². The first kappa shape index (κ1) is 9.68. The van der Waals surface area contributed by atoms with Gasteiger partial charge in [-0.3, -0.25) is 4.79 Å². The Morgan fingerprint density at radius 1 is 1.38 bits per heavy atom. The van der Waals surface area contributed by atoms with Crippen LogP contribution < -0.4 is 5.73 Å². The van der Waals surface area contributed by atoms with Crippen LogP contribution in [-0.4, -0.2) is 5.78 Å². The Morgan fingerprint density at radius 3 is 2.46 bits per heavy atom. The summed E-state index contributed by atoms with van der Waals surface area (Å²) in [5.41, 5.74) is 7.19. The fraction of sp³-hybridized carbons (Fsp3) is 0.182. The van der Waals surface area contributed by atoms with Crippen LogP contribution in [0.4, 0.5) is 0 Å². The zero-order valence-electron chi connectivity index (χ0n) is 7.49. The molecule has 0 fully saturated rings. The van der Waals surface area contributed by atoms with Crippen molar-refractivity contribution in [1.82, 2.24) is 0 Å². The Bertz CT molecular complexity index is 300. The molecule has 1 aromatic rings. The molecule has 68 valence electrons. The summed E-state index contributed by atoms with van der Waals surface area (Å²) in [6.45, 7) is 4.03. The Kier molecular flexibility index (Phi) is 3.41. The van der Waals surface area contributed by atoms with Gasteiger partial charge >= 0.3 is 0 Å². The van der Waals surface area contributed by atoms with Gasteiger partial charge in [-0.25, -0.2) is 0 Å². The summed E-state index contributed by atoms with van der Waals surface area (Å²) < 4.78 is 0. The second kappa shape index (κ2) is 4.58. The van der Waals surface area contributed by atoms with E-state index in [1.165, 1.54) is 0 Å². The number of carbonyl (C=O) groups is 1. The molecule has 0 bridgehead atoms. The van der Waals surface area contributed by atoms with Crippen molar-refractivity contribution >= 4 is 5.78 Å². The highest BCUT2D eigenvalue weighted by Gasteiger charge is 2.01. The molecule has 1 aromatic carbocycles. The molecule has 13 heavy (non-hydrogen) atoms. The molecule has 0 spiro atoms. The second-order valence-electron chi connectivity index (χ2n) is 2.82. The second-order valence-corrected chi connectivity index (χ2v) is 2.82. The normalized spacial score (nSPS) is 9.62. The van der Waals surface area contributed by atoms with Crippen LogP contribution in [0.25, 0.3) is 0 Å². The van der Waals surface area contributed by atoms with E-state index in [2.05, 4.69) is 6.58 Å². The van der Waals surface area contributed by atoms with Crippen molar-refractivity contribution in [1.29, 1.82) is 0 Å². The molecule has 0 aliphatic rings. The SMILES string of the molecule is C=CCC(=O)c1ccc(CN)cc1. The lowest BCUT2D eigenvalue weighted by Crippen LogP contribution is -1.99. The molecule has 0 aliphatic heterocycles. The van der Waals surface area contributed by atoms with Crippen molar-refractivity contribution in [3.63, 3.8) is 0 Å². The van der Waals surface area contributed by atoms with Gasteiger partial charge in [-0.05, 0) is 5.56 Å². The standard InChI is InChI=1S/C11H13NO/c1-2-3-11(13)10-6-4-9(8-12)5-7-10/h2,4-7H,1,3,8,12H2. The van der Waals surface area contributed by atoms with Gasteiger partial charge in [-0.15, -0.1) is 6.58 Å². The average Bonchev–Trinajstić information content (AvgIpc) is 2.18. The number of hydrogen-bond donors (Lipinski definition) is 1. The van der Waals surface area contributed by atoms with E-state index in [9.17, 15) is 4.79 Å². The molecule has 2 N–H and O–H groups in total. The number of Topliss-reactive ketones (excluding diaryl/α,β-unsaturated/α-hetero) is 1. The Balaban J connectivity index is 2.79. The van der Waals surface area contributed by atoms with Crippen LogP contribution in [0, 0.1) is 0 Å². The highest BCUT2D eigenvalue weighted by Crippen LogP contribution is 2.06. The van der Waals surface area contributed by atoms with Gasteiger partial charge in [0.1, 0.15) is 0 Å². The quantitative estimate of drug-likeness (QED) is 0.561. The highest BCUT2D eigenvalue weighted by atomic mass is 16.1. The van der Waals surface area contributed by atoms with Gasteiger partial charge in [0, 0.05) is 18.5 Å². The molecule has 2 nitrogen and oxygen atoms in total. The van der Waals surface area contributed by atoms with Crippen LogP contribution in [0.5, 0.6) is 0 Å². The number of rotatable bonds is 4. The topological polar surface area (TPSA) is 43.1 Å². The molecule has 0 amide bonds.